The normalized spacial score (nSPS) is 10.1. The number of non-ortho nitro benzene ring substituents is 1. The van der Waals surface area contributed by atoms with Crippen molar-refractivity contribution in [3.8, 4) is 0 Å². The highest BCUT2D eigenvalue weighted by Crippen LogP contribution is 2.19. The summed E-state index contributed by atoms with van der Waals surface area (Å²) in [5.74, 6) is -2.39. The highest BCUT2D eigenvalue weighted by atomic mass is 16.6. The van der Waals surface area contributed by atoms with E-state index in [0.29, 0.717) is 5.69 Å². The number of esters is 2. The van der Waals surface area contributed by atoms with Crippen LogP contribution in [0.1, 0.15) is 31.8 Å². The van der Waals surface area contributed by atoms with Crippen LogP contribution in [0.4, 0.5) is 11.4 Å². The van der Waals surface area contributed by atoms with Gasteiger partial charge in [0, 0.05) is 17.8 Å². The Labute approximate surface area is 160 Å². The number of hydrogen-bond acceptors (Lipinski definition) is 7. The fraction of sp³-hybridized carbons (Fsp3) is 0.211. The van der Waals surface area contributed by atoms with Crippen molar-refractivity contribution in [3.63, 3.8) is 0 Å². The van der Waals surface area contributed by atoms with Crippen LogP contribution in [-0.4, -0.2) is 36.5 Å². The van der Waals surface area contributed by atoms with Crippen molar-refractivity contribution >= 4 is 29.2 Å². The summed E-state index contributed by atoms with van der Waals surface area (Å²) in [6.45, 7) is 3.15. The molecular weight excluding hydrogens is 368 g/mol. The Bertz CT molecular complexity index is 953. The molecule has 1 amide bonds. The van der Waals surface area contributed by atoms with Crippen LogP contribution in [0.25, 0.3) is 0 Å². The van der Waals surface area contributed by atoms with E-state index in [-0.39, 0.29) is 11.1 Å². The quantitative estimate of drug-likeness (QED) is 0.460. The molecule has 2 aromatic carbocycles. The molecular formula is C19H18N2O7. The van der Waals surface area contributed by atoms with Gasteiger partial charge in [0.15, 0.2) is 6.61 Å². The minimum atomic E-state index is -0.982. The van der Waals surface area contributed by atoms with Crippen LogP contribution in [0.2, 0.25) is 0 Å². The van der Waals surface area contributed by atoms with Crippen LogP contribution in [-0.2, 0) is 14.3 Å². The maximum absolute atomic E-state index is 12.2. The Balaban J connectivity index is 2.09. The highest BCUT2D eigenvalue weighted by Gasteiger charge is 2.20. The summed E-state index contributed by atoms with van der Waals surface area (Å²) in [5, 5.41) is 13.6. The number of nitro benzene ring substituents is 1. The predicted octanol–water partition coefficient (Wildman–Crippen LogP) is 2.79. The van der Waals surface area contributed by atoms with Crippen molar-refractivity contribution < 1.29 is 28.8 Å². The molecule has 146 valence electrons. The monoisotopic (exact) mass is 386 g/mol. The third-order valence-electron chi connectivity index (χ3n) is 3.78. The Morgan fingerprint density at radius 2 is 1.68 bits per heavy atom. The summed E-state index contributed by atoms with van der Waals surface area (Å²) in [5.41, 5.74) is 1.57. The number of nitrogens with one attached hydrogen (secondary N) is 1. The molecule has 2 aromatic rings. The summed E-state index contributed by atoms with van der Waals surface area (Å²) in [6, 6.07) is 8.48. The number of anilines is 1. The van der Waals surface area contributed by atoms with E-state index in [1.807, 2.05) is 26.0 Å². The number of aryl methyl sites for hydroxylation is 2. The number of ether oxygens (including phenoxy) is 2. The topological polar surface area (TPSA) is 125 Å². The number of carbonyl (C=O) groups excluding carboxylic acids is 3. The molecule has 0 aliphatic rings. The van der Waals surface area contributed by atoms with E-state index in [9.17, 15) is 24.5 Å². The fourth-order valence-electron chi connectivity index (χ4n) is 2.42. The van der Waals surface area contributed by atoms with Crippen molar-refractivity contribution in [2.45, 2.75) is 13.8 Å². The Kier molecular flexibility index (Phi) is 6.43. The van der Waals surface area contributed by atoms with Crippen molar-refractivity contribution in [3.05, 3.63) is 68.8 Å². The Hall–Kier alpha value is -3.75. The van der Waals surface area contributed by atoms with Gasteiger partial charge in [-0.2, -0.15) is 0 Å². The van der Waals surface area contributed by atoms with Gasteiger partial charge < -0.3 is 14.8 Å². The molecule has 9 heteroatoms. The van der Waals surface area contributed by atoms with Crippen molar-refractivity contribution in [1.82, 2.24) is 0 Å². The molecule has 2 rings (SSSR count). The lowest BCUT2D eigenvalue weighted by Gasteiger charge is -2.10. The smallest absolute Gasteiger partial charge is 0.338 e. The van der Waals surface area contributed by atoms with Gasteiger partial charge in [0.05, 0.1) is 23.2 Å². The number of hydrogen-bond donors (Lipinski definition) is 1. The summed E-state index contributed by atoms with van der Waals surface area (Å²) in [7, 11) is 1.11. The van der Waals surface area contributed by atoms with Crippen LogP contribution in [0, 0.1) is 24.0 Å². The first-order valence-electron chi connectivity index (χ1n) is 8.13. The van der Waals surface area contributed by atoms with E-state index in [4.69, 9.17) is 4.74 Å². The zero-order valence-electron chi connectivity index (χ0n) is 15.5. The predicted molar refractivity (Wildman–Crippen MR) is 99.3 cm³/mol. The average molecular weight is 386 g/mol. The summed E-state index contributed by atoms with van der Waals surface area (Å²) in [4.78, 5) is 46.1. The second kappa shape index (κ2) is 8.76. The molecule has 0 bridgehead atoms. The van der Waals surface area contributed by atoms with Gasteiger partial charge in [-0.1, -0.05) is 17.7 Å². The SMILES string of the molecule is COC(=O)c1cc(C(=O)OCC(=O)Nc2ccc(C)cc2C)cc([N+](=O)[O-])c1. The largest absolute Gasteiger partial charge is 0.465 e. The minimum Gasteiger partial charge on any atom is -0.465 e. The number of benzene rings is 2. The van der Waals surface area contributed by atoms with Crippen LogP contribution in [0.15, 0.2) is 36.4 Å². The van der Waals surface area contributed by atoms with Gasteiger partial charge in [-0.3, -0.25) is 14.9 Å². The molecule has 28 heavy (non-hydrogen) atoms. The van der Waals surface area contributed by atoms with Gasteiger partial charge in [-0.25, -0.2) is 9.59 Å². The Morgan fingerprint density at radius 1 is 1.04 bits per heavy atom. The van der Waals surface area contributed by atoms with Crippen LogP contribution in [0.3, 0.4) is 0 Å². The molecule has 0 aliphatic heterocycles. The van der Waals surface area contributed by atoms with Gasteiger partial charge in [0.25, 0.3) is 11.6 Å². The number of methoxy groups -OCH3 is 1. The third kappa shape index (κ3) is 5.13. The maximum atomic E-state index is 12.2. The first-order chi connectivity index (χ1) is 13.2. The van der Waals surface area contributed by atoms with Gasteiger partial charge >= 0.3 is 11.9 Å². The number of amides is 1. The Morgan fingerprint density at radius 3 is 2.25 bits per heavy atom. The lowest BCUT2D eigenvalue weighted by Crippen LogP contribution is -2.21. The van der Waals surface area contributed by atoms with E-state index in [0.717, 1.165) is 36.4 Å². The highest BCUT2D eigenvalue weighted by molar-refractivity contribution is 5.98. The molecule has 0 saturated carbocycles. The van der Waals surface area contributed by atoms with Crippen molar-refractivity contribution in [2.24, 2.45) is 0 Å². The molecule has 0 fully saturated rings. The van der Waals surface area contributed by atoms with Crippen molar-refractivity contribution in [2.75, 3.05) is 19.0 Å². The van der Waals surface area contributed by atoms with Crippen LogP contribution in [0.5, 0.6) is 0 Å². The molecule has 0 unspecified atom stereocenters. The molecule has 9 nitrogen and oxygen atoms in total. The average Bonchev–Trinajstić information content (AvgIpc) is 2.67. The molecule has 0 heterocycles. The van der Waals surface area contributed by atoms with Gasteiger partial charge in [0.1, 0.15) is 0 Å². The summed E-state index contributed by atoms with van der Waals surface area (Å²) < 4.78 is 9.42. The summed E-state index contributed by atoms with van der Waals surface area (Å²) in [6.07, 6.45) is 0. The van der Waals surface area contributed by atoms with Crippen LogP contribution < -0.4 is 5.32 Å². The molecule has 0 saturated heterocycles. The first-order valence-corrected chi connectivity index (χ1v) is 8.13. The second-order valence-electron chi connectivity index (χ2n) is 5.96. The van der Waals surface area contributed by atoms with E-state index in [1.165, 1.54) is 0 Å². The standard InChI is InChI=1S/C19H18N2O7/c1-11-4-5-16(12(2)6-11)20-17(22)10-28-19(24)14-7-13(18(23)27-3)8-15(9-14)21(25)26/h4-9H,10H2,1-3H3,(H,20,22). The molecule has 0 aliphatic carbocycles. The minimum absolute atomic E-state index is 0.177. The maximum Gasteiger partial charge on any atom is 0.338 e. The number of nitrogens with zero attached hydrogens (tertiary/aromatic N) is 1. The number of nitro groups is 1. The number of rotatable bonds is 6. The van der Waals surface area contributed by atoms with Crippen LogP contribution >= 0.6 is 0 Å². The summed E-state index contributed by atoms with van der Waals surface area (Å²) >= 11 is 0. The van der Waals surface area contributed by atoms with Crippen molar-refractivity contribution in [1.29, 1.82) is 0 Å². The van der Waals surface area contributed by atoms with E-state index in [1.54, 1.807) is 6.07 Å². The second-order valence-corrected chi connectivity index (χ2v) is 5.96. The van der Waals surface area contributed by atoms with E-state index < -0.39 is 35.1 Å². The number of carbonyl (C=O) groups is 3. The molecule has 0 atom stereocenters. The molecule has 1 N–H and O–H groups in total. The third-order valence-corrected chi connectivity index (χ3v) is 3.78. The molecule has 0 aromatic heterocycles. The van der Waals surface area contributed by atoms with Gasteiger partial charge in [-0.05, 0) is 31.5 Å². The lowest BCUT2D eigenvalue weighted by molar-refractivity contribution is -0.384. The zero-order chi connectivity index (χ0) is 20.8. The lowest BCUT2D eigenvalue weighted by atomic mass is 10.1. The molecule has 0 radical (unpaired) electrons. The zero-order valence-corrected chi connectivity index (χ0v) is 15.5. The van der Waals surface area contributed by atoms with Gasteiger partial charge in [0.2, 0.25) is 0 Å². The first kappa shape index (κ1) is 20.6. The van der Waals surface area contributed by atoms with E-state index in [2.05, 4.69) is 10.1 Å². The van der Waals surface area contributed by atoms with Gasteiger partial charge in [-0.15, -0.1) is 0 Å². The molecule has 0 spiro atoms. The van der Waals surface area contributed by atoms with E-state index >= 15 is 0 Å². The fourth-order valence-corrected chi connectivity index (χ4v) is 2.42.